The average molecular weight is 315 g/mol. The first kappa shape index (κ1) is 15.8. The van der Waals surface area contributed by atoms with Gasteiger partial charge in [-0.2, -0.15) is 0 Å². The van der Waals surface area contributed by atoms with Crippen LogP contribution in [-0.2, 0) is 9.59 Å². The molecular formula is C13H22N3O2PS. The maximum Gasteiger partial charge on any atom is 0.252 e. The lowest BCUT2D eigenvalue weighted by Gasteiger charge is -2.22. The molecule has 1 aliphatic heterocycles. The Kier molecular flexibility index (Phi) is 5.87. The zero-order chi connectivity index (χ0) is 14.5. The van der Waals surface area contributed by atoms with Crippen molar-refractivity contribution in [1.82, 2.24) is 14.9 Å². The Bertz CT molecular complexity index is 390. The van der Waals surface area contributed by atoms with Crippen LogP contribution < -0.4 is 10.0 Å². The maximum atomic E-state index is 12.2. The Morgan fingerprint density at radius 3 is 2.85 bits per heavy atom. The lowest BCUT2D eigenvalue weighted by atomic mass is 10.1. The summed E-state index contributed by atoms with van der Waals surface area (Å²) in [6, 6.07) is -0.604. The highest BCUT2D eigenvalue weighted by atomic mass is 32.2. The number of nitrogens with zero attached hydrogens (tertiary/aromatic N) is 1. The highest BCUT2D eigenvalue weighted by Gasteiger charge is 2.31. The lowest BCUT2D eigenvalue weighted by molar-refractivity contribution is -0.130. The lowest BCUT2D eigenvalue weighted by Crippen LogP contribution is -2.51. The molecule has 3 atom stereocenters. The summed E-state index contributed by atoms with van der Waals surface area (Å²) in [5, 5.41) is 3.42. The molecule has 0 spiro atoms. The Labute approximate surface area is 126 Å². The highest BCUT2D eigenvalue weighted by molar-refractivity contribution is 7.98. The monoisotopic (exact) mass is 315 g/mol. The number of carbonyl (C=O) groups excluding carboxylic acids is 2. The third-order valence-electron chi connectivity index (χ3n) is 3.42. The largest absolute Gasteiger partial charge is 0.343 e. The van der Waals surface area contributed by atoms with Gasteiger partial charge in [0.2, 0.25) is 5.91 Å². The van der Waals surface area contributed by atoms with Gasteiger partial charge < -0.3 is 5.32 Å². The van der Waals surface area contributed by atoms with E-state index in [0.717, 1.165) is 33.9 Å². The van der Waals surface area contributed by atoms with Gasteiger partial charge >= 0.3 is 0 Å². The summed E-state index contributed by atoms with van der Waals surface area (Å²) in [4.78, 5) is 26.4. The zero-order valence-electron chi connectivity index (χ0n) is 11.7. The molecule has 1 aliphatic carbocycles. The van der Waals surface area contributed by atoms with Crippen molar-refractivity contribution in [3.05, 3.63) is 12.7 Å². The SMILES string of the molecule is C=CCC(NC(=O)C1CPCN1C)C(=O)NSC1CC1. The van der Waals surface area contributed by atoms with E-state index < -0.39 is 6.04 Å². The molecule has 2 N–H and O–H groups in total. The molecule has 1 saturated carbocycles. The van der Waals surface area contributed by atoms with Gasteiger partial charge in [-0.1, -0.05) is 6.08 Å². The van der Waals surface area contributed by atoms with Gasteiger partial charge in [-0.3, -0.25) is 19.2 Å². The Hall–Kier alpha value is -0.580. The summed E-state index contributed by atoms with van der Waals surface area (Å²) >= 11 is 1.47. The molecule has 3 unspecified atom stereocenters. The second-order valence-electron chi connectivity index (χ2n) is 5.25. The molecule has 0 aromatic heterocycles. The van der Waals surface area contributed by atoms with Crippen LogP contribution in [0.3, 0.4) is 0 Å². The molecule has 0 aromatic rings. The first-order valence-electron chi connectivity index (χ1n) is 6.89. The van der Waals surface area contributed by atoms with Crippen LogP contribution in [0.15, 0.2) is 12.7 Å². The molecule has 5 nitrogen and oxygen atoms in total. The number of rotatable bonds is 7. The summed E-state index contributed by atoms with van der Waals surface area (Å²) in [5.74, 6) is -0.172. The number of likely N-dealkylation sites (N-methyl/N-ethyl adjacent to an activating group) is 1. The van der Waals surface area contributed by atoms with E-state index in [0.29, 0.717) is 11.7 Å². The van der Waals surface area contributed by atoms with Crippen molar-refractivity contribution >= 4 is 32.3 Å². The van der Waals surface area contributed by atoms with Crippen molar-refractivity contribution in [2.75, 3.05) is 19.5 Å². The summed E-state index contributed by atoms with van der Waals surface area (Å²) < 4.78 is 2.84. The predicted octanol–water partition coefficient (Wildman–Crippen LogP) is 0.924. The fraction of sp³-hybridized carbons (Fsp3) is 0.692. The number of hydrogen-bond donors (Lipinski definition) is 2. The van der Waals surface area contributed by atoms with Crippen molar-refractivity contribution in [3.8, 4) is 0 Å². The second kappa shape index (κ2) is 7.43. The summed E-state index contributed by atoms with van der Waals surface area (Å²) in [7, 11) is 2.75. The first-order chi connectivity index (χ1) is 9.61. The van der Waals surface area contributed by atoms with E-state index in [1.54, 1.807) is 6.08 Å². The van der Waals surface area contributed by atoms with E-state index in [-0.39, 0.29) is 17.9 Å². The topological polar surface area (TPSA) is 61.4 Å². The predicted molar refractivity (Wildman–Crippen MR) is 85.1 cm³/mol. The average Bonchev–Trinajstić information content (AvgIpc) is 3.15. The summed E-state index contributed by atoms with van der Waals surface area (Å²) in [5.41, 5.74) is 0. The molecule has 20 heavy (non-hydrogen) atoms. The van der Waals surface area contributed by atoms with Crippen LogP contribution in [0.4, 0.5) is 0 Å². The molecule has 7 heteroatoms. The molecule has 0 radical (unpaired) electrons. The Balaban J connectivity index is 1.84. The standard InChI is InChI=1S/C13H22N3O2PS/c1-3-4-10(12(17)15-20-9-5-6-9)14-13(18)11-7-19-8-16(11)2/h3,9-11,19H,1,4-8H2,2H3,(H,14,18)(H,15,17). The van der Waals surface area contributed by atoms with Crippen LogP contribution in [0.1, 0.15) is 19.3 Å². The van der Waals surface area contributed by atoms with Gasteiger partial charge in [0.25, 0.3) is 5.91 Å². The number of hydrogen-bond acceptors (Lipinski definition) is 4. The molecular weight excluding hydrogens is 293 g/mol. The molecule has 112 valence electrons. The normalized spacial score (nSPS) is 25.4. The number of nitrogens with one attached hydrogen (secondary N) is 2. The first-order valence-corrected chi connectivity index (χ1v) is 9.19. The molecule has 2 fully saturated rings. The third kappa shape index (κ3) is 4.47. The van der Waals surface area contributed by atoms with Gasteiger partial charge in [-0.15, -0.1) is 15.2 Å². The number of amides is 2. The van der Waals surface area contributed by atoms with E-state index in [4.69, 9.17) is 0 Å². The van der Waals surface area contributed by atoms with Crippen LogP contribution in [-0.4, -0.2) is 53.5 Å². The molecule has 1 saturated heterocycles. The minimum atomic E-state index is -0.511. The van der Waals surface area contributed by atoms with Crippen molar-refractivity contribution in [2.45, 2.75) is 36.6 Å². The molecule has 2 amide bonds. The zero-order valence-corrected chi connectivity index (χ0v) is 13.5. The van der Waals surface area contributed by atoms with E-state index >= 15 is 0 Å². The summed E-state index contributed by atoms with van der Waals surface area (Å²) in [6.07, 6.45) is 6.32. The molecule has 2 rings (SSSR count). The smallest absolute Gasteiger partial charge is 0.252 e. The van der Waals surface area contributed by atoms with Crippen molar-refractivity contribution < 1.29 is 9.59 Å². The molecule has 1 heterocycles. The van der Waals surface area contributed by atoms with Crippen molar-refractivity contribution in [2.24, 2.45) is 0 Å². The minimum Gasteiger partial charge on any atom is -0.343 e. The fourth-order valence-corrected chi connectivity index (χ4v) is 4.27. The van der Waals surface area contributed by atoms with Crippen LogP contribution in [0.5, 0.6) is 0 Å². The Morgan fingerprint density at radius 1 is 1.55 bits per heavy atom. The molecule has 0 aromatic carbocycles. The minimum absolute atomic E-state index is 0.0454. The van der Waals surface area contributed by atoms with E-state index in [1.807, 2.05) is 7.05 Å². The van der Waals surface area contributed by atoms with Crippen LogP contribution in [0.25, 0.3) is 0 Å². The molecule has 2 aliphatic rings. The van der Waals surface area contributed by atoms with E-state index in [9.17, 15) is 9.59 Å². The van der Waals surface area contributed by atoms with Gasteiger partial charge in [-0.25, -0.2) is 0 Å². The van der Waals surface area contributed by atoms with Crippen LogP contribution in [0, 0.1) is 0 Å². The Morgan fingerprint density at radius 2 is 2.30 bits per heavy atom. The van der Waals surface area contributed by atoms with Crippen LogP contribution >= 0.6 is 20.5 Å². The van der Waals surface area contributed by atoms with Gasteiger partial charge in [0.05, 0.1) is 6.04 Å². The van der Waals surface area contributed by atoms with Crippen molar-refractivity contribution in [1.29, 1.82) is 0 Å². The van der Waals surface area contributed by atoms with Gasteiger partial charge in [0, 0.05) is 11.5 Å². The fourth-order valence-electron chi connectivity index (χ4n) is 2.00. The third-order valence-corrected chi connectivity index (χ3v) is 5.94. The quantitative estimate of drug-likeness (QED) is 0.417. The summed E-state index contributed by atoms with van der Waals surface area (Å²) in [6.45, 7) is 3.66. The second-order valence-corrected chi connectivity index (χ2v) is 7.59. The van der Waals surface area contributed by atoms with Crippen molar-refractivity contribution in [3.63, 3.8) is 0 Å². The molecule has 0 bridgehead atoms. The maximum absolute atomic E-state index is 12.2. The number of carbonyl (C=O) groups is 2. The van der Waals surface area contributed by atoms with Gasteiger partial charge in [0.15, 0.2) is 0 Å². The van der Waals surface area contributed by atoms with E-state index in [2.05, 4.69) is 21.5 Å². The van der Waals surface area contributed by atoms with Gasteiger partial charge in [-0.05, 0) is 44.4 Å². The highest BCUT2D eigenvalue weighted by Crippen LogP contribution is 2.31. The van der Waals surface area contributed by atoms with Crippen LogP contribution in [0.2, 0.25) is 0 Å². The van der Waals surface area contributed by atoms with Gasteiger partial charge in [0.1, 0.15) is 6.04 Å². The van der Waals surface area contributed by atoms with E-state index in [1.165, 1.54) is 11.9 Å².